The van der Waals surface area contributed by atoms with Crippen molar-refractivity contribution in [2.75, 3.05) is 11.9 Å². The molecule has 0 aliphatic carbocycles. The van der Waals surface area contributed by atoms with E-state index in [1.807, 2.05) is 24.5 Å². The van der Waals surface area contributed by atoms with Crippen LogP contribution in [0.5, 0.6) is 0 Å². The van der Waals surface area contributed by atoms with Gasteiger partial charge in [0.1, 0.15) is 11.5 Å². The summed E-state index contributed by atoms with van der Waals surface area (Å²) in [6.07, 6.45) is 5.93. The molecule has 6 heterocycles. The molecule has 0 saturated heterocycles. The fourth-order valence-electron chi connectivity index (χ4n) is 3.78. The van der Waals surface area contributed by atoms with Gasteiger partial charge in [-0.2, -0.15) is 0 Å². The quantitative estimate of drug-likeness (QED) is 0.452. The molecule has 6 rings (SSSR count). The lowest BCUT2D eigenvalue weighted by molar-refractivity contribution is 0.543. The molecule has 5 aromatic rings. The average molecular weight is 355 g/mol. The number of aromatic nitrogens is 6. The first-order chi connectivity index (χ1) is 13.3. The molecule has 0 saturated carbocycles. The molecule has 0 bridgehead atoms. The van der Waals surface area contributed by atoms with Gasteiger partial charge in [0.05, 0.1) is 11.0 Å². The molecular weight excluding hydrogens is 338 g/mol. The van der Waals surface area contributed by atoms with E-state index >= 15 is 0 Å². The van der Waals surface area contributed by atoms with Gasteiger partial charge in [0.15, 0.2) is 11.5 Å². The summed E-state index contributed by atoms with van der Waals surface area (Å²) in [5.41, 5.74) is 4.46. The van der Waals surface area contributed by atoms with Gasteiger partial charge in [-0.05, 0) is 36.4 Å². The zero-order chi connectivity index (χ0) is 17.8. The second kappa shape index (κ2) is 5.44. The van der Waals surface area contributed by atoms with Crippen molar-refractivity contribution in [1.82, 2.24) is 29.5 Å². The van der Waals surface area contributed by atoms with Crippen LogP contribution in [0, 0.1) is 0 Å². The maximum absolute atomic E-state index is 4.83. The van der Waals surface area contributed by atoms with Crippen LogP contribution in [0.25, 0.3) is 33.6 Å². The van der Waals surface area contributed by atoms with Crippen LogP contribution in [-0.4, -0.2) is 36.0 Å². The van der Waals surface area contributed by atoms with Gasteiger partial charge < -0.3 is 19.9 Å². The van der Waals surface area contributed by atoms with E-state index in [1.54, 1.807) is 0 Å². The van der Waals surface area contributed by atoms with Crippen molar-refractivity contribution in [3.63, 3.8) is 0 Å². The van der Waals surface area contributed by atoms with Crippen LogP contribution in [0.1, 0.15) is 11.6 Å². The van der Waals surface area contributed by atoms with Crippen LogP contribution in [0.2, 0.25) is 0 Å². The largest absolute Gasteiger partial charge is 0.371 e. The van der Waals surface area contributed by atoms with Crippen molar-refractivity contribution in [3.8, 4) is 11.5 Å². The summed E-state index contributed by atoms with van der Waals surface area (Å²) in [5.74, 6) is 2.23. The number of hydrogen-bond acceptors (Lipinski definition) is 4. The van der Waals surface area contributed by atoms with E-state index in [0.29, 0.717) is 5.92 Å². The molecule has 7 nitrogen and oxygen atoms in total. The smallest absolute Gasteiger partial charge is 0.178 e. The number of aromatic amines is 2. The van der Waals surface area contributed by atoms with E-state index in [2.05, 4.69) is 55.3 Å². The Morgan fingerprint density at radius 1 is 1.00 bits per heavy atom. The first-order valence-electron chi connectivity index (χ1n) is 9.03. The van der Waals surface area contributed by atoms with E-state index in [0.717, 1.165) is 52.4 Å². The maximum atomic E-state index is 4.83. The summed E-state index contributed by atoms with van der Waals surface area (Å²) in [5, 5.41) is 4.55. The molecular formula is C20H17N7. The van der Waals surface area contributed by atoms with Gasteiger partial charge in [-0.3, -0.25) is 0 Å². The molecule has 1 aliphatic heterocycles. The Hall–Kier alpha value is -3.61. The number of imidazole rings is 1. The zero-order valence-corrected chi connectivity index (χ0v) is 14.5. The molecule has 5 aromatic heterocycles. The van der Waals surface area contributed by atoms with Crippen molar-refractivity contribution in [3.05, 3.63) is 60.7 Å². The standard InChI is InChI=1S/C20H17N7/c1-2-18-22-9-13(11-27(18)7-1)14-5-6-16-20(24-14)26-19(25-16)15-4-3-12-8-21-10-17(12)23-15/h1-8,10,13,21-22H,9,11H2,(H,24,25,26). The van der Waals surface area contributed by atoms with Gasteiger partial charge >= 0.3 is 0 Å². The molecule has 0 aromatic carbocycles. The molecule has 1 aliphatic rings. The predicted octanol–water partition coefficient (Wildman–Crippen LogP) is 3.51. The SMILES string of the molecule is c1cc2n(c1)CC(c1ccc3[nH]c(-c4ccc5c[nH]cc5n4)nc3n1)CN2. The summed E-state index contributed by atoms with van der Waals surface area (Å²) in [6, 6.07) is 12.3. The topological polar surface area (TPSA) is 87.2 Å². The van der Waals surface area contributed by atoms with E-state index in [-0.39, 0.29) is 0 Å². The molecule has 0 fully saturated rings. The molecule has 3 N–H and O–H groups in total. The number of rotatable bonds is 2. The Balaban J connectivity index is 1.37. The van der Waals surface area contributed by atoms with E-state index < -0.39 is 0 Å². The summed E-state index contributed by atoms with van der Waals surface area (Å²) in [7, 11) is 0. The highest BCUT2D eigenvalue weighted by molar-refractivity contribution is 5.81. The number of anilines is 1. The van der Waals surface area contributed by atoms with Gasteiger partial charge in [-0.25, -0.2) is 15.0 Å². The van der Waals surface area contributed by atoms with Crippen molar-refractivity contribution in [2.45, 2.75) is 12.5 Å². The molecule has 27 heavy (non-hydrogen) atoms. The fourth-order valence-corrected chi connectivity index (χ4v) is 3.78. The van der Waals surface area contributed by atoms with Gasteiger partial charge in [-0.1, -0.05) is 0 Å². The van der Waals surface area contributed by atoms with Crippen LogP contribution in [0.4, 0.5) is 5.82 Å². The molecule has 0 amide bonds. The molecule has 0 radical (unpaired) electrons. The van der Waals surface area contributed by atoms with Gasteiger partial charge in [-0.15, -0.1) is 0 Å². The van der Waals surface area contributed by atoms with Crippen LogP contribution < -0.4 is 5.32 Å². The summed E-state index contributed by atoms with van der Waals surface area (Å²) < 4.78 is 2.23. The number of pyridine rings is 2. The van der Waals surface area contributed by atoms with Crippen LogP contribution in [-0.2, 0) is 6.54 Å². The average Bonchev–Trinajstić information content (AvgIpc) is 3.44. The Morgan fingerprint density at radius 3 is 3.00 bits per heavy atom. The summed E-state index contributed by atoms with van der Waals surface area (Å²) in [6.45, 7) is 1.81. The Morgan fingerprint density at radius 2 is 2.00 bits per heavy atom. The third-order valence-electron chi connectivity index (χ3n) is 5.22. The summed E-state index contributed by atoms with van der Waals surface area (Å²) in [4.78, 5) is 20.6. The lowest BCUT2D eigenvalue weighted by Gasteiger charge is -2.25. The highest BCUT2D eigenvalue weighted by Gasteiger charge is 2.21. The van der Waals surface area contributed by atoms with Crippen LogP contribution >= 0.6 is 0 Å². The molecule has 7 heteroatoms. The third-order valence-corrected chi connectivity index (χ3v) is 5.22. The molecule has 132 valence electrons. The van der Waals surface area contributed by atoms with Crippen molar-refractivity contribution < 1.29 is 0 Å². The molecule has 0 spiro atoms. The van der Waals surface area contributed by atoms with E-state index in [9.17, 15) is 0 Å². The second-order valence-corrected chi connectivity index (χ2v) is 6.94. The number of nitrogens with zero attached hydrogens (tertiary/aromatic N) is 4. The minimum Gasteiger partial charge on any atom is -0.371 e. The van der Waals surface area contributed by atoms with Crippen molar-refractivity contribution in [2.24, 2.45) is 0 Å². The first-order valence-corrected chi connectivity index (χ1v) is 9.03. The highest BCUT2D eigenvalue weighted by atomic mass is 15.1. The van der Waals surface area contributed by atoms with E-state index in [1.165, 1.54) is 5.82 Å². The Labute approximate surface area is 154 Å². The van der Waals surface area contributed by atoms with E-state index in [4.69, 9.17) is 9.97 Å². The lowest BCUT2D eigenvalue weighted by atomic mass is 10.0. The third kappa shape index (κ3) is 2.32. The highest BCUT2D eigenvalue weighted by Crippen LogP contribution is 2.27. The van der Waals surface area contributed by atoms with Gasteiger partial charge in [0.2, 0.25) is 0 Å². The minimum absolute atomic E-state index is 0.323. The summed E-state index contributed by atoms with van der Waals surface area (Å²) >= 11 is 0. The van der Waals surface area contributed by atoms with Crippen molar-refractivity contribution >= 4 is 27.9 Å². The monoisotopic (exact) mass is 355 g/mol. The number of hydrogen-bond donors (Lipinski definition) is 3. The van der Waals surface area contributed by atoms with Crippen molar-refractivity contribution in [1.29, 1.82) is 0 Å². The number of nitrogens with one attached hydrogen (secondary N) is 3. The molecule has 1 atom stereocenters. The van der Waals surface area contributed by atoms with Crippen LogP contribution in [0.15, 0.2) is 55.0 Å². The van der Waals surface area contributed by atoms with Gasteiger partial charge in [0.25, 0.3) is 0 Å². The fraction of sp³-hybridized carbons (Fsp3) is 0.150. The minimum atomic E-state index is 0.323. The van der Waals surface area contributed by atoms with Gasteiger partial charge in [0, 0.05) is 48.7 Å². The normalized spacial score (nSPS) is 16.5. The first kappa shape index (κ1) is 14.5. The van der Waals surface area contributed by atoms with Crippen LogP contribution in [0.3, 0.4) is 0 Å². The predicted molar refractivity (Wildman–Crippen MR) is 105 cm³/mol. The zero-order valence-electron chi connectivity index (χ0n) is 14.5. The maximum Gasteiger partial charge on any atom is 0.178 e. The lowest BCUT2D eigenvalue weighted by Crippen LogP contribution is -2.25. The second-order valence-electron chi connectivity index (χ2n) is 6.94. The Bertz CT molecular complexity index is 1280. The number of fused-ring (bicyclic) bond motifs is 3. The Kier molecular flexibility index (Phi) is 2.93. The molecule has 1 unspecified atom stereocenters. The number of H-pyrrole nitrogens is 2.